The molecule has 3 aromatic rings. The highest BCUT2D eigenvalue weighted by molar-refractivity contribution is 6.02. The molecule has 4 nitrogen and oxygen atoms in total. The Labute approximate surface area is 134 Å². The number of phenolic OH excluding ortho intramolecular Hbond substituents is 1. The fourth-order valence-corrected chi connectivity index (χ4v) is 3.38. The molecule has 0 fully saturated rings. The first-order valence-electron chi connectivity index (χ1n) is 7.99. The summed E-state index contributed by atoms with van der Waals surface area (Å²) in [7, 11) is 0. The molecule has 0 atom stereocenters. The number of allylic oxidation sites excluding steroid dienone is 2. The van der Waals surface area contributed by atoms with E-state index in [2.05, 4.69) is 22.3 Å². The smallest absolute Gasteiger partial charge is 0.153 e. The third-order valence-electron chi connectivity index (χ3n) is 4.57. The monoisotopic (exact) mass is 305 g/mol. The number of aromatic nitrogens is 2. The van der Waals surface area contributed by atoms with Gasteiger partial charge in [0.15, 0.2) is 5.82 Å². The number of nitrogens with zero attached hydrogens (tertiary/aromatic N) is 1. The molecule has 0 unspecified atom stereocenters. The standard InChI is InChI=1S/C19H19N3O/c20-19-18-15(7-4-8-16(18)21-22-19)14-10-9-13(11-17(14)23)12-5-2-1-3-6-12/h4-5,7-11,23H,1-3,6H2,(H3,20,21,22). The highest BCUT2D eigenvalue weighted by Gasteiger charge is 2.14. The van der Waals surface area contributed by atoms with Crippen molar-refractivity contribution < 1.29 is 5.11 Å². The van der Waals surface area contributed by atoms with Crippen molar-refractivity contribution in [2.45, 2.75) is 25.7 Å². The Morgan fingerprint density at radius 1 is 1.09 bits per heavy atom. The van der Waals surface area contributed by atoms with Crippen LogP contribution in [0.4, 0.5) is 5.82 Å². The molecule has 0 amide bonds. The summed E-state index contributed by atoms with van der Waals surface area (Å²) in [5.74, 6) is 0.733. The third kappa shape index (κ3) is 2.36. The summed E-state index contributed by atoms with van der Waals surface area (Å²) in [6, 6.07) is 11.7. The average Bonchev–Trinajstić information content (AvgIpc) is 2.97. The molecule has 4 N–H and O–H groups in total. The number of nitrogens with two attached hydrogens (primary N) is 1. The van der Waals surface area contributed by atoms with Gasteiger partial charge in [-0.2, -0.15) is 5.10 Å². The largest absolute Gasteiger partial charge is 0.507 e. The molecule has 4 rings (SSSR count). The van der Waals surface area contributed by atoms with Crippen molar-refractivity contribution in [1.82, 2.24) is 10.2 Å². The molecule has 4 heteroatoms. The molecule has 1 aliphatic carbocycles. The lowest BCUT2D eigenvalue weighted by atomic mass is 9.91. The van der Waals surface area contributed by atoms with Crippen LogP contribution in [0.15, 0.2) is 42.5 Å². The second-order valence-corrected chi connectivity index (χ2v) is 6.04. The predicted molar refractivity (Wildman–Crippen MR) is 94.1 cm³/mol. The summed E-state index contributed by atoms with van der Waals surface area (Å²) >= 11 is 0. The maximum atomic E-state index is 10.6. The maximum absolute atomic E-state index is 10.6. The van der Waals surface area contributed by atoms with Crippen molar-refractivity contribution >= 4 is 22.3 Å². The zero-order valence-electron chi connectivity index (χ0n) is 12.8. The van der Waals surface area contributed by atoms with Crippen LogP contribution in [0.3, 0.4) is 0 Å². The van der Waals surface area contributed by atoms with Gasteiger partial charge in [-0.25, -0.2) is 0 Å². The van der Waals surface area contributed by atoms with E-state index >= 15 is 0 Å². The molecular formula is C19H19N3O. The molecule has 0 aliphatic heterocycles. The third-order valence-corrected chi connectivity index (χ3v) is 4.57. The number of H-pyrrole nitrogens is 1. The average molecular weight is 305 g/mol. The second kappa shape index (κ2) is 5.47. The van der Waals surface area contributed by atoms with E-state index in [1.54, 1.807) is 0 Å². The molecule has 0 saturated carbocycles. The number of fused-ring (bicyclic) bond motifs is 1. The van der Waals surface area contributed by atoms with E-state index in [1.807, 2.05) is 30.3 Å². The van der Waals surface area contributed by atoms with Gasteiger partial charge < -0.3 is 10.8 Å². The summed E-state index contributed by atoms with van der Waals surface area (Å²) in [4.78, 5) is 0. The number of phenols is 1. The van der Waals surface area contributed by atoms with Gasteiger partial charge in [-0.15, -0.1) is 0 Å². The Balaban J connectivity index is 1.83. The quantitative estimate of drug-likeness (QED) is 0.653. The van der Waals surface area contributed by atoms with Gasteiger partial charge >= 0.3 is 0 Å². The molecule has 0 spiro atoms. The van der Waals surface area contributed by atoms with Crippen LogP contribution in [0.1, 0.15) is 31.2 Å². The van der Waals surface area contributed by atoms with E-state index in [1.165, 1.54) is 18.4 Å². The van der Waals surface area contributed by atoms with Crippen LogP contribution >= 0.6 is 0 Å². The Hall–Kier alpha value is -2.75. The highest BCUT2D eigenvalue weighted by Crippen LogP contribution is 2.38. The number of aromatic hydroxyl groups is 1. The van der Waals surface area contributed by atoms with Crippen LogP contribution in [-0.4, -0.2) is 15.3 Å². The molecule has 1 heterocycles. The molecule has 2 aromatic carbocycles. The summed E-state index contributed by atoms with van der Waals surface area (Å²) in [5, 5.41) is 18.4. The minimum Gasteiger partial charge on any atom is -0.507 e. The van der Waals surface area contributed by atoms with Gasteiger partial charge in [-0.05, 0) is 54.5 Å². The predicted octanol–water partition coefficient (Wildman–Crippen LogP) is 4.48. The van der Waals surface area contributed by atoms with E-state index in [0.717, 1.165) is 40.4 Å². The summed E-state index contributed by atoms with van der Waals surface area (Å²) in [5.41, 5.74) is 11.0. The zero-order chi connectivity index (χ0) is 15.8. The Bertz CT molecular complexity index is 908. The molecule has 0 bridgehead atoms. The number of benzene rings is 2. The first kappa shape index (κ1) is 13.9. The summed E-state index contributed by atoms with van der Waals surface area (Å²) in [6.07, 6.45) is 6.98. The first-order chi connectivity index (χ1) is 11.2. The topological polar surface area (TPSA) is 74.9 Å². The zero-order valence-corrected chi connectivity index (χ0v) is 12.8. The number of rotatable bonds is 2. The molecule has 0 radical (unpaired) electrons. The van der Waals surface area contributed by atoms with Gasteiger partial charge in [0.05, 0.1) is 10.9 Å². The molecule has 1 aliphatic rings. The number of hydrogen-bond acceptors (Lipinski definition) is 3. The van der Waals surface area contributed by atoms with Crippen LogP contribution in [-0.2, 0) is 0 Å². The number of nitrogen functional groups attached to an aromatic ring is 1. The van der Waals surface area contributed by atoms with E-state index < -0.39 is 0 Å². The Morgan fingerprint density at radius 3 is 2.78 bits per heavy atom. The van der Waals surface area contributed by atoms with Gasteiger partial charge in [0.1, 0.15) is 5.75 Å². The number of anilines is 1. The molecule has 1 aromatic heterocycles. The number of nitrogens with one attached hydrogen (secondary N) is 1. The Morgan fingerprint density at radius 2 is 2.00 bits per heavy atom. The van der Waals surface area contributed by atoms with Gasteiger partial charge in [0.25, 0.3) is 0 Å². The van der Waals surface area contributed by atoms with E-state index in [-0.39, 0.29) is 5.75 Å². The molecule has 116 valence electrons. The Kier molecular flexibility index (Phi) is 3.30. The van der Waals surface area contributed by atoms with Crippen molar-refractivity contribution in [3.63, 3.8) is 0 Å². The van der Waals surface area contributed by atoms with Gasteiger partial charge in [-0.1, -0.05) is 30.3 Å². The molecule has 23 heavy (non-hydrogen) atoms. The van der Waals surface area contributed by atoms with Gasteiger partial charge in [-0.3, -0.25) is 5.10 Å². The van der Waals surface area contributed by atoms with Crippen LogP contribution in [0, 0.1) is 0 Å². The lowest BCUT2D eigenvalue weighted by molar-refractivity contribution is 0.477. The van der Waals surface area contributed by atoms with Gasteiger partial charge in [0.2, 0.25) is 0 Å². The second-order valence-electron chi connectivity index (χ2n) is 6.04. The fraction of sp³-hybridized carbons (Fsp3) is 0.211. The van der Waals surface area contributed by atoms with Crippen molar-refractivity contribution in [2.75, 3.05) is 5.73 Å². The number of aromatic amines is 1. The SMILES string of the molecule is Nc1n[nH]c2cccc(-c3ccc(C4=CCCCC4)cc3O)c12. The maximum Gasteiger partial charge on any atom is 0.153 e. The first-order valence-corrected chi connectivity index (χ1v) is 7.99. The van der Waals surface area contributed by atoms with Crippen LogP contribution in [0.2, 0.25) is 0 Å². The highest BCUT2D eigenvalue weighted by atomic mass is 16.3. The normalized spacial score (nSPS) is 14.9. The van der Waals surface area contributed by atoms with Crippen LogP contribution < -0.4 is 5.73 Å². The minimum atomic E-state index is 0.280. The molecule has 0 saturated heterocycles. The van der Waals surface area contributed by atoms with E-state index in [4.69, 9.17) is 5.73 Å². The van der Waals surface area contributed by atoms with Crippen molar-refractivity contribution in [1.29, 1.82) is 0 Å². The van der Waals surface area contributed by atoms with E-state index in [9.17, 15) is 5.11 Å². The lowest BCUT2D eigenvalue weighted by Crippen LogP contribution is -1.92. The van der Waals surface area contributed by atoms with E-state index in [0.29, 0.717) is 5.82 Å². The lowest BCUT2D eigenvalue weighted by Gasteiger charge is -2.14. The van der Waals surface area contributed by atoms with Crippen molar-refractivity contribution in [3.05, 3.63) is 48.0 Å². The fourth-order valence-electron chi connectivity index (χ4n) is 3.38. The summed E-state index contributed by atoms with van der Waals surface area (Å²) in [6.45, 7) is 0. The van der Waals surface area contributed by atoms with Gasteiger partial charge in [0, 0.05) is 5.56 Å². The number of hydrogen-bond donors (Lipinski definition) is 3. The summed E-state index contributed by atoms with van der Waals surface area (Å²) < 4.78 is 0. The van der Waals surface area contributed by atoms with Crippen LogP contribution in [0.5, 0.6) is 5.75 Å². The van der Waals surface area contributed by atoms with Crippen LogP contribution in [0.25, 0.3) is 27.6 Å². The van der Waals surface area contributed by atoms with Crippen molar-refractivity contribution in [3.8, 4) is 16.9 Å². The molecular weight excluding hydrogens is 286 g/mol. The van der Waals surface area contributed by atoms with Crippen molar-refractivity contribution in [2.24, 2.45) is 0 Å². The minimum absolute atomic E-state index is 0.280.